The van der Waals surface area contributed by atoms with Crippen molar-refractivity contribution >= 4 is 29.1 Å². The molecule has 172 valence electrons. The number of aromatic nitrogens is 1. The lowest BCUT2D eigenvalue weighted by molar-refractivity contribution is -0.129. The fourth-order valence-corrected chi connectivity index (χ4v) is 4.61. The Morgan fingerprint density at radius 1 is 1.19 bits per heavy atom. The van der Waals surface area contributed by atoms with Crippen LogP contribution in [0, 0.1) is 20.8 Å². The molecule has 3 rings (SSSR count). The van der Waals surface area contributed by atoms with E-state index in [1.165, 1.54) is 0 Å². The van der Waals surface area contributed by atoms with Gasteiger partial charge in [-0.05, 0) is 62.9 Å². The Morgan fingerprint density at radius 2 is 1.84 bits per heavy atom. The number of anilines is 1. The number of aryl methyl sites for hydroxylation is 2. The molecular formula is C24H31ClN4O3. The van der Waals surface area contributed by atoms with E-state index in [4.69, 9.17) is 11.6 Å². The number of hydrogen-bond acceptors (Lipinski definition) is 4. The van der Waals surface area contributed by atoms with Crippen LogP contribution in [0.25, 0.3) is 0 Å². The molecule has 0 spiro atoms. The molecule has 2 aromatic rings. The van der Waals surface area contributed by atoms with Crippen molar-refractivity contribution in [3.05, 3.63) is 61.5 Å². The predicted octanol–water partition coefficient (Wildman–Crippen LogP) is 3.33. The summed E-state index contributed by atoms with van der Waals surface area (Å²) in [6.45, 7) is 8.78. The van der Waals surface area contributed by atoms with Crippen LogP contribution in [0.15, 0.2) is 23.0 Å². The zero-order valence-corrected chi connectivity index (χ0v) is 20.1. The lowest BCUT2D eigenvalue weighted by Gasteiger charge is -2.38. The Bertz CT molecular complexity index is 1090. The highest BCUT2D eigenvalue weighted by Crippen LogP contribution is 2.31. The van der Waals surface area contributed by atoms with Crippen LogP contribution in [0.2, 0.25) is 5.02 Å². The topological polar surface area (TPSA) is 85.5 Å². The number of carbonyl (C=O) groups excluding carboxylic acids is 2. The quantitative estimate of drug-likeness (QED) is 0.719. The van der Waals surface area contributed by atoms with Gasteiger partial charge in [0.1, 0.15) is 0 Å². The van der Waals surface area contributed by atoms with Crippen molar-refractivity contribution in [2.75, 3.05) is 25.0 Å². The third-order valence-electron chi connectivity index (χ3n) is 6.35. The van der Waals surface area contributed by atoms with Gasteiger partial charge in [-0.2, -0.15) is 0 Å². The molecule has 2 heterocycles. The number of piperidine rings is 1. The molecule has 1 aliphatic heterocycles. The van der Waals surface area contributed by atoms with E-state index in [0.29, 0.717) is 16.1 Å². The van der Waals surface area contributed by atoms with E-state index in [1.807, 2.05) is 44.9 Å². The number of H-pyrrole nitrogens is 1. The van der Waals surface area contributed by atoms with Gasteiger partial charge < -0.3 is 20.1 Å². The third-order valence-corrected chi connectivity index (χ3v) is 6.56. The van der Waals surface area contributed by atoms with Gasteiger partial charge in [0.05, 0.1) is 0 Å². The smallest absolute Gasteiger partial charge is 0.253 e. The Balaban J connectivity index is 1.78. The lowest BCUT2D eigenvalue weighted by atomic mass is 9.99. The van der Waals surface area contributed by atoms with Crippen LogP contribution in [0.1, 0.15) is 52.5 Å². The van der Waals surface area contributed by atoms with E-state index >= 15 is 0 Å². The van der Waals surface area contributed by atoms with Gasteiger partial charge in [-0.3, -0.25) is 14.4 Å². The van der Waals surface area contributed by atoms with Gasteiger partial charge in [0, 0.05) is 67.2 Å². The zero-order chi connectivity index (χ0) is 23.6. The van der Waals surface area contributed by atoms with E-state index in [1.54, 1.807) is 13.0 Å². The molecule has 0 bridgehead atoms. The number of aromatic amines is 1. The second-order valence-corrected chi connectivity index (χ2v) is 9.01. The number of rotatable bonds is 5. The highest BCUT2D eigenvalue weighted by molar-refractivity contribution is 6.31. The van der Waals surface area contributed by atoms with Gasteiger partial charge in [0.2, 0.25) is 5.91 Å². The summed E-state index contributed by atoms with van der Waals surface area (Å²) < 4.78 is 0. The van der Waals surface area contributed by atoms with Gasteiger partial charge in [0.15, 0.2) is 0 Å². The number of carbonyl (C=O) groups is 2. The van der Waals surface area contributed by atoms with Crippen molar-refractivity contribution < 1.29 is 9.59 Å². The first-order valence-electron chi connectivity index (χ1n) is 10.8. The fraction of sp³-hybridized carbons (Fsp3) is 0.458. The van der Waals surface area contributed by atoms with E-state index < -0.39 is 0 Å². The van der Waals surface area contributed by atoms with Crippen molar-refractivity contribution in [3.63, 3.8) is 0 Å². The Kier molecular flexibility index (Phi) is 7.29. The van der Waals surface area contributed by atoms with Crippen molar-refractivity contribution in [2.24, 2.45) is 0 Å². The summed E-state index contributed by atoms with van der Waals surface area (Å²) in [7, 11) is 2.00. The molecular weight excluding hydrogens is 428 g/mol. The molecule has 0 saturated carbocycles. The average molecular weight is 459 g/mol. The summed E-state index contributed by atoms with van der Waals surface area (Å²) in [6.07, 6.45) is 1.72. The first kappa shape index (κ1) is 23.9. The van der Waals surface area contributed by atoms with E-state index in [-0.39, 0.29) is 30.0 Å². The molecule has 2 N–H and O–H groups in total. The Labute approximate surface area is 193 Å². The Morgan fingerprint density at radius 3 is 2.44 bits per heavy atom. The minimum Gasteiger partial charge on any atom is -0.371 e. The van der Waals surface area contributed by atoms with Gasteiger partial charge in [0.25, 0.3) is 11.5 Å². The van der Waals surface area contributed by atoms with Crippen molar-refractivity contribution in [3.8, 4) is 0 Å². The average Bonchev–Trinajstić information content (AvgIpc) is 2.73. The summed E-state index contributed by atoms with van der Waals surface area (Å²) in [6, 6.07) is 5.68. The molecule has 0 radical (unpaired) electrons. The van der Waals surface area contributed by atoms with Gasteiger partial charge in [-0.25, -0.2) is 0 Å². The second kappa shape index (κ2) is 9.77. The highest BCUT2D eigenvalue weighted by Gasteiger charge is 2.26. The molecule has 1 fully saturated rings. The summed E-state index contributed by atoms with van der Waals surface area (Å²) in [4.78, 5) is 43.7. The number of halogens is 1. The van der Waals surface area contributed by atoms with Gasteiger partial charge in [-0.1, -0.05) is 11.6 Å². The van der Waals surface area contributed by atoms with Crippen LogP contribution >= 0.6 is 11.6 Å². The summed E-state index contributed by atoms with van der Waals surface area (Å²) in [5.41, 5.74) is 4.19. The molecule has 2 amide bonds. The van der Waals surface area contributed by atoms with E-state index in [9.17, 15) is 14.4 Å². The normalized spacial score (nSPS) is 14.4. The molecule has 8 heteroatoms. The summed E-state index contributed by atoms with van der Waals surface area (Å²) in [5.74, 6) is -0.169. The van der Waals surface area contributed by atoms with Crippen LogP contribution in [0.3, 0.4) is 0 Å². The van der Waals surface area contributed by atoms with Crippen molar-refractivity contribution in [1.29, 1.82) is 0 Å². The van der Waals surface area contributed by atoms with E-state index in [2.05, 4.69) is 15.2 Å². The summed E-state index contributed by atoms with van der Waals surface area (Å²) in [5, 5.41) is 3.35. The van der Waals surface area contributed by atoms with Crippen LogP contribution in [0.4, 0.5) is 5.69 Å². The molecule has 7 nitrogen and oxygen atoms in total. The SMILES string of the molecule is CC(=O)N1CCC(N(C)c2cc(Cl)cc(C(=O)NCc3c(C)cc(C)[nH]c3=O)c2C)CC1. The maximum Gasteiger partial charge on any atom is 0.253 e. The number of benzene rings is 1. The predicted molar refractivity (Wildman–Crippen MR) is 128 cm³/mol. The molecule has 1 aromatic heterocycles. The number of likely N-dealkylation sites (tertiary alicyclic amines) is 1. The molecule has 0 atom stereocenters. The highest BCUT2D eigenvalue weighted by atomic mass is 35.5. The first-order chi connectivity index (χ1) is 15.1. The van der Waals surface area contributed by atoms with Crippen molar-refractivity contribution in [2.45, 2.75) is 53.1 Å². The molecule has 0 aliphatic carbocycles. The minimum atomic E-state index is -0.273. The maximum atomic E-state index is 13.0. The number of pyridine rings is 1. The monoisotopic (exact) mass is 458 g/mol. The van der Waals surface area contributed by atoms with Gasteiger partial charge >= 0.3 is 0 Å². The van der Waals surface area contributed by atoms with Crippen LogP contribution in [-0.2, 0) is 11.3 Å². The number of amides is 2. The molecule has 1 aliphatic rings. The second-order valence-electron chi connectivity index (χ2n) is 8.57. The third kappa shape index (κ3) is 5.15. The first-order valence-corrected chi connectivity index (χ1v) is 11.2. The van der Waals surface area contributed by atoms with E-state index in [0.717, 1.165) is 48.4 Å². The Hall–Kier alpha value is -2.80. The largest absolute Gasteiger partial charge is 0.371 e. The molecule has 1 saturated heterocycles. The molecule has 32 heavy (non-hydrogen) atoms. The molecule has 0 unspecified atom stereocenters. The van der Waals surface area contributed by atoms with Crippen LogP contribution in [0.5, 0.6) is 0 Å². The number of nitrogens with one attached hydrogen (secondary N) is 2. The van der Waals surface area contributed by atoms with Crippen molar-refractivity contribution in [1.82, 2.24) is 15.2 Å². The fourth-order valence-electron chi connectivity index (χ4n) is 4.40. The van der Waals surface area contributed by atoms with Crippen LogP contribution < -0.4 is 15.8 Å². The molecule has 1 aromatic carbocycles. The number of nitrogens with zero attached hydrogens (tertiary/aromatic N) is 2. The summed E-state index contributed by atoms with van der Waals surface area (Å²) >= 11 is 6.38. The van der Waals surface area contributed by atoms with Crippen LogP contribution in [-0.4, -0.2) is 47.9 Å². The maximum absolute atomic E-state index is 13.0. The number of hydrogen-bond donors (Lipinski definition) is 2. The lowest BCUT2D eigenvalue weighted by Crippen LogP contribution is -2.45. The zero-order valence-electron chi connectivity index (χ0n) is 19.3. The minimum absolute atomic E-state index is 0.103. The van der Waals surface area contributed by atoms with Gasteiger partial charge in [-0.15, -0.1) is 0 Å². The standard InChI is InChI=1S/C24H31ClN4O3/c1-14-10-15(2)27-24(32)21(14)13-26-23(31)20-11-18(25)12-22(16(20)3)28(5)19-6-8-29(9-7-19)17(4)30/h10-12,19H,6-9,13H2,1-5H3,(H,26,31)(H,27,32).